The largest absolute Gasteiger partial charge is 0.478 e. The molecule has 1 unspecified atom stereocenters. The molecule has 108 valence electrons. The molecule has 0 radical (unpaired) electrons. The van der Waals surface area contributed by atoms with Gasteiger partial charge in [-0.15, -0.1) is 0 Å². The Kier molecular flexibility index (Phi) is 2.97. The van der Waals surface area contributed by atoms with Gasteiger partial charge in [-0.05, 0) is 31.5 Å². The van der Waals surface area contributed by atoms with Gasteiger partial charge in [0.05, 0.1) is 16.6 Å². The second kappa shape index (κ2) is 4.69. The molecular weight excluding hydrogens is 274 g/mol. The molecule has 0 aliphatic carbocycles. The lowest BCUT2D eigenvalue weighted by atomic mass is 10.1. The highest BCUT2D eigenvalue weighted by molar-refractivity contribution is 6.00. The summed E-state index contributed by atoms with van der Waals surface area (Å²) in [5.74, 6) is -1.03. The van der Waals surface area contributed by atoms with E-state index in [1.54, 1.807) is 17.6 Å². The van der Waals surface area contributed by atoms with Crippen molar-refractivity contribution in [2.45, 2.75) is 25.8 Å². The van der Waals surface area contributed by atoms with Gasteiger partial charge in [0.25, 0.3) is 0 Å². The lowest BCUT2D eigenvalue weighted by Crippen LogP contribution is -2.41. The molecule has 1 saturated heterocycles. The number of hydrogen-bond acceptors (Lipinski definition) is 4. The number of aromatic carboxylic acids is 1. The number of aryl methyl sites for hydroxylation is 1. The first-order valence-corrected chi connectivity index (χ1v) is 6.53. The summed E-state index contributed by atoms with van der Waals surface area (Å²) in [7, 11) is 0. The quantitative estimate of drug-likeness (QED) is 0.803. The monoisotopic (exact) mass is 287 g/mol. The SMILES string of the molecule is Cc1nc2cc(C(=O)O)ccc2n1C1CCC(=O)NC1=O. The molecule has 2 N–H and O–H groups in total. The molecule has 2 amide bonds. The zero-order valence-corrected chi connectivity index (χ0v) is 11.3. The molecular formula is C14H13N3O4. The summed E-state index contributed by atoms with van der Waals surface area (Å²) in [5, 5.41) is 11.3. The molecule has 1 fully saturated rings. The molecule has 7 nitrogen and oxygen atoms in total. The number of imide groups is 1. The number of benzene rings is 1. The topological polar surface area (TPSA) is 101 Å². The molecule has 1 aliphatic rings. The second-order valence-electron chi connectivity index (χ2n) is 5.00. The zero-order chi connectivity index (χ0) is 15.1. The summed E-state index contributed by atoms with van der Waals surface area (Å²) in [5.41, 5.74) is 1.36. The van der Waals surface area contributed by atoms with Gasteiger partial charge in [0.15, 0.2) is 0 Å². The number of carbonyl (C=O) groups excluding carboxylic acids is 2. The first kappa shape index (κ1) is 13.3. The first-order valence-electron chi connectivity index (χ1n) is 6.53. The number of piperidine rings is 1. The Labute approximate surface area is 119 Å². The van der Waals surface area contributed by atoms with Crippen LogP contribution in [0.2, 0.25) is 0 Å². The molecule has 1 aromatic carbocycles. The van der Waals surface area contributed by atoms with E-state index >= 15 is 0 Å². The van der Waals surface area contributed by atoms with E-state index in [0.717, 1.165) is 0 Å². The molecule has 0 spiro atoms. The van der Waals surface area contributed by atoms with Gasteiger partial charge in [-0.1, -0.05) is 0 Å². The summed E-state index contributed by atoms with van der Waals surface area (Å²) in [4.78, 5) is 38.5. The Balaban J connectivity index is 2.10. The van der Waals surface area contributed by atoms with Crippen molar-refractivity contribution in [1.82, 2.24) is 14.9 Å². The fourth-order valence-electron chi connectivity index (χ4n) is 2.67. The van der Waals surface area contributed by atoms with Gasteiger partial charge in [0, 0.05) is 6.42 Å². The van der Waals surface area contributed by atoms with Crippen LogP contribution < -0.4 is 5.32 Å². The number of amides is 2. The number of hydrogen-bond donors (Lipinski definition) is 2. The smallest absolute Gasteiger partial charge is 0.335 e. The van der Waals surface area contributed by atoms with Gasteiger partial charge in [0.2, 0.25) is 11.8 Å². The Morgan fingerprint density at radius 2 is 2.19 bits per heavy atom. The molecule has 7 heteroatoms. The Bertz CT molecular complexity index is 778. The summed E-state index contributed by atoms with van der Waals surface area (Å²) in [6.45, 7) is 1.75. The van der Waals surface area contributed by atoms with E-state index in [4.69, 9.17) is 5.11 Å². The van der Waals surface area contributed by atoms with E-state index in [1.165, 1.54) is 12.1 Å². The van der Waals surface area contributed by atoms with Crippen molar-refractivity contribution < 1.29 is 19.5 Å². The van der Waals surface area contributed by atoms with E-state index in [0.29, 0.717) is 23.3 Å². The van der Waals surface area contributed by atoms with Gasteiger partial charge >= 0.3 is 5.97 Å². The number of carboxylic acids is 1. The van der Waals surface area contributed by atoms with E-state index in [9.17, 15) is 14.4 Å². The number of imidazole rings is 1. The molecule has 3 rings (SSSR count). The Morgan fingerprint density at radius 1 is 1.43 bits per heavy atom. The minimum atomic E-state index is -1.02. The fourth-order valence-corrected chi connectivity index (χ4v) is 2.67. The predicted octanol–water partition coefficient (Wildman–Crippen LogP) is 1.02. The molecule has 1 aromatic heterocycles. The highest BCUT2D eigenvalue weighted by atomic mass is 16.4. The van der Waals surface area contributed by atoms with Gasteiger partial charge in [-0.25, -0.2) is 9.78 Å². The van der Waals surface area contributed by atoms with Crippen LogP contribution in [-0.4, -0.2) is 32.4 Å². The van der Waals surface area contributed by atoms with E-state index in [1.807, 2.05) is 0 Å². The number of carbonyl (C=O) groups is 3. The van der Waals surface area contributed by atoms with Crippen LogP contribution in [0.1, 0.15) is 35.1 Å². The van der Waals surface area contributed by atoms with Crippen molar-refractivity contribution in [3.8, 4) is 0 Å². The van der Waals surface area contributed by atoms with Crippen LogP contribution in [0.15, 0.2) is 18.2 Å². The molecule has 0 saturated carbocycles. The van der Waals surface area contributed by atoms with Crippen LogP contribution in [0.25, 0.3) is 11.0 Å². The average Bonchev–Trinajstić information content (AvgIpc) is 2.74. The first-order chi connectivity index (χ1) is 9.97. The minimum absolute atomic E-state index is 0.149. The maximum absolute atomic E-state index is 12.0. The molecule has 1 atom stereocenters. The average molecular weight is 287 g/mol. The van der Waals surface area contributed by atoms with Crippen molar-refractivity contribution in [2.24, 2.45) is 0 Å². The molecule has 0 bridgehead atoms. The Morgan fingerprint density at radius 3 is 2.86 bits per heavy atom. The molecule has 1 aliphatic heterocycles. The lowest BCUT2D eigenvalue weighted by Gasteiger charge is -2.23. The van der Waals surface area contributed by atoms with Gasteiger partial charge < -0.3 is 9.67 Å². The van der Waals surface area contributed by atoms with Crippen molar-refractivity contribution in [3.05, 3.63) is 29.6 Å². The van der Waals surface area contributed by atoms with Crippen LogP contribution in [0.5, 0.6) is 0 Å². The number of carboxylic acid groups (broad SMARTS) is 1. The molecule has 2 heterocycles. The van der Waals surface area contributed by atoms with E-state index in [-0.39, 0.29) is 23.8 Å². The third kappa shape index (κ3) is 2.16. The van der Waals surface area contributed by atoms with Crippen LogP contribution in [0.3, 0.4) is 0 Å². The number of aromatic nitrogens is 2. The second-order valence-corrected chi connectivity index (χ2v) is 5.00. The van der Waals surface area contributed by atoms with Gasteiger partial charge in [0.1, 0.15) is 11.9 Å². The number of nitrogens with zero attached hydrogens (tertiary/aromatic N) is 2. The molecule has 2 aromatic rings. The van der Waals surface area contributed by atoms with Crippen LogP contribution in [0, 0.1) is 6.92 Å². The van der Waals surface area contributed by atoms with Crippen molar-refractivity contribution in [3.63, 3.8) is 0 Å². The summed E-state index contributed by atoms with van der Waals surface area (Å²) in [6, 6.07) is 4.10. The Hall–Kier alpha value is -2.70. The number of nitrogens with one attached hydrogen (secondary N) is 1. The molecule has 21 heavy (non-hydrogen) atoms. The minimum Gasteiger partial charge on any atom is -0.478 e. The van der Waals surface area contributed by atoms with Crippen molar-refractivity contribution >= 4 is 28.8 Å². The summed E-state index contributed by atoms with van der Waals surface area (Å²) >= 11 is 0. The standard InChI is InChI=1S/C14H13N3O4/c1-7-15-9-6-8(14(20)21)2-3-10(9)17(7)11-4-5-12(18)16-13(11)19/h2-3,6,11H,4-5H2,1H3,(H,20,21)(H,16,18,19). The van der Waals surface area contributed by atoms with E-state index < -0.39 is 12.0 Å². The maximum Gasteiger partial charge on any atom is 0.335 e. The summed E-state index contributed by atoms with van der Waals surface area (Å²) < 4.78 is 1.75. The van der Waals surface area contributed by atoms with Crippen LogP contribution >= 0.6 is 0 Å². The normalized spacial score (nSPS) is 18.8. The number of fused-ring (bicyclic) bond motifs is 1. The highest BCUT2D eigenvalue weighted by Gasteiger charge is 2.30. The maximum atomic E-state index is 12.0. The third-order valence-corrected chi connectivity index (χ3v) is 3.63. The van der Waals surface area contributed by atoms with Gasteiger partial charge in [-0.3, -0.25) is 14.9 Å². The van der Waals surface area contributed by atoms with Crippen molar-refractivity contribution in [2.75, 3.05) is 0 Å². The predicted molar refractivity (Wildman–Crippen MR) is 72.9 cm³/mol. The fraction of sp³-hybridized carbons (Fsp3) is 0.286. The van der Waals surface area contributed by atoms with E-state index in [2.05, 4.69) is 10.3 Å². The van der Waals surface area contributed by atoms with Gasteiger partial charge in [-0.2, -0.15) is 0 Å². The van der Waals surface area contributed by atoms with Crippen LogP contribution in [-0.2, 0) is 9.59 Å². The number of rotatable bonds is 2. The van der Waals surface area contributed by atoms with Crippen molar-refractivity contribution in [1.29, 1.82) is 0 Å². The highest BCUT2D eigenvalue weighted by Crippen LogP contribution is 2.26. The summed E-state index contributed by atoms with van der Waals surface area (Å²) in [6.07, 6.45) is 0.695. The van der Waals surface area contributed by atoms with Crippen LogP contribution in [0.4, 0.5) is 0 Å². The lowest BCUT2D eigenvalue weighted by molar-refractivity contribution is -0.135. The third-order valence-electron chi connectivity index (χ3n) is 3.63. The zero-order valence-electron chi connectivity index (χ0n) is 11.3.